The summed E-state index contributed by atoms with van der Waals surface area (Å²) in [6.45, 7) is 2.77. The highest BCUT2D eigenvalue weighted by Gasteiger charge is 2.58. The Hall–Kier alpha value is -1.92. The molecule has 3 saturated carbocycles. The quantitative estimate of drug-likeness (QED) is 0.568. The van der Waals surface area contributed by atoms with Crippen molar-refractivity contribution in [3.63, 3.8) is 0 Å². The van der Waals surface area contributed by atoms with Gasteiger partial charge in [-0.2, -0.15) is 8.42 Å². The Morgan fingerprint density at radius 2 is 2.00 bits per heavy atom. The van der Waals surface area contributed by atoms with Crippen LogP contribution in [0.1, 0.15) is 44.6 Å². The molecule has 1 aromatic rings. The highest BCUT2D eigenvalue weighted by atomic mass is 32.2. The molecule has 2 aliphatic heterocycles. The smallest absolute Gasteiger partial charge is 0.287 e. The molecule has 0 spiro atoms. The van der Waals surface area contributed by atoms with Crippen LogP contribution in [0.15, 0.2) is 26.0 Å². The van der Waals surface area contributed by atoms with E-state index < -0.39 is 19.9 Å². The van der Waals surface area contributed by atoms with Crippen LogP contribution < -0.4 is 5.32 Å². The Balaban J connectivity index is 1.39. The number of aliphatic hydroxyl groups excluding tert-OH is 1. The maximum atomic E-state index is 13.8. The Kier molecular flexibility index (Phi) is 5.06. The molecule has 2 bridgehead atoms. The number of aliphatic hydroxyl groups is 1. The Morgan fingerprint density at radius 1 is 1.29 bits per heavy atom. The van der Waals surface area contributed by atoms with Gasteiger partial charge in [0, 0.05) is 24.8 Å². The predicted molar refractivity (Wildman–Crippen MR) is 133 cm³/mol. The Morgan fingerprint density at radius 3 is 2.69 bits per heavy atom. The third-order valence-electron chi connectivity index (χ3n) is 8.43. The molecule has 2 N–H and O–H groups in total. The lowest BCUT2D eigenvalue weighted by Gasteiger charge is -2.45. The van der Waals surface area contributed by atoms with Crippen LogP contribution in [0.4, 0.5) is 5.00 Å². The lowest BCUT2D eigenvalue weighted by molar-refractivity contribution is -0.134. The molecule has 35 heavy (non-hydrogen) atoms. The van der Waals surface area contributed by atoms with Crippen molar-refractivity contribution < 1.29 is 26.7 Å². The molecular weight excluding hydrogens is 510 g/mol. The number of sulfonamides is 1. The van der Waals surface area contributed by atoms with Crippen molar-refractivity contribution in [2.45, 2.75) is 56.4 Å². The zero-order valence-electron chi connectivity index (χ0n) is 19.7. The Bertz CT molecular complexity index is 1400. The summed E-state index contributed by atoms with van der Waals surface area (Å²) in [5, 5.41) is 16.3. The number of amidine groups is 1. The summed E-state index contributed by atoms with van der Waals surface area (Å²) in [5.74, 6) is -0.248. The van der Waals surface area contributed by atoms with Gasteiger partial charge in [-0.3, -0.25) is 4.79 Å². The van der Waals surface area contributed by atoms with Crippen molar-refractivity contribution >= 4 is 47.9 Å². The van der Waals surface area contributed by atoms with Crippen molar-refractivity contribution in [2.24, 2.45) is 27.6 Å². The molecule has 0 aromatic carbocycles. The number of aryl methyl sites for hydroxylation is 1. The third-order valence-corrected chi connectivity index (χ3v) is 11.9. The lowest BCUT2D eigenvalue weighted by atomic mass is 9.77. The molecule has 0 radical (unpaired) electrons. The molecule has 4 atom stereocenters. The van der Waals surface area contributed by atoms with Gasteiger partial charge < -0.3 is 15.3 Å². The van der Waals surface area contributed by atoms with E-state index in [1.807, 2.05) is 4.90 Å². The SMILES string of the molecule is CC1(CN2C(=O)C(C3=NS(=O)(=O)c4c(CCS(C)(=O)=O)csc4N3)=C(O)C3C2[C@@H]2CC[C@H]3C2)CC1. The van der Waals surface area contributed by atoms with Crippen LogP contribution in [0, 0.1) is 23.2 Å². The number of hydrogen-bond donors (Lipinski definition) is 2. The molecule has 0 saturated heterocycles. The molecule has 6 rings (SSSR count). The number of carbonyl (C=O) groups is 1. The number of sulfone groups is 1. The van der Waals surface area contributed by atoms with Gasteiger partial charge in [-0.15, -0.1) is 15.7 Å². The first kappa shape index (κ1) is 23.5. The largest absolute Gasteiger partial charge is 0.511 e. The second-order valence-corrected chi connectivity index (χ2v) is 15.9. The number of rotatable bonds is 6. The minimum absolute atomic E-state index is 0.0386. The first-order valence-corrected chi connectivity index (χ1v) is 16.4. The molecule has 190 valence electrons. The number of fused-ring (bicyclic) bond motifs is 6. The van der Waals surface area contributed by atoms with Gasteiger partial charge in [0.1, 0.15) is 31.1 Å². The van der Waals surface area contributed by atoms with E-state index in [9.17, 15) is 26.7 Å². The van der Waals surface area contributed by atoms with Crippen LogP contribution in [0.3, 0.4) is 0 Å². The van der Waals surface area contributed by atoms with Crippen molar-refractivity contribution in [3.8, 4) is 0 Å². The lowest BCUT2D eigenvalue weighted by Crippen LogP contribution is -2.55. The Labute approximate surface area is 209 Å². The monoisotopic (exact) mass is 539 g/mol. The topological polar surface area (TPSA) is 133 Å². The number of thiophene rings is 1. The molecule has 1 amide bonds. The summed E-state index contributed by atoms with van der Waals surface area (Å²) in [6.07, 6.45) is 6.30. The number of anilines is 1. The van der Waals surface area contributed by atoms with Crippen molar-refractivity contribution in [2.75, 3.05) is 23.9 Å². The molecule has 1 aromatic heterocycles. The van der Waals surface area contributed by atoms with E-state index in [1.165, 1.54) is 0 Å². The molecule has 9 nitrogen and oxygen atoms in total. The van der Waals surface area contributed by atoms with Gasteiger partial charge in [0.15, 0.2) is 5.84 Å². The second-order valence-electron chi connectivity index (χ2n) is 11.2. The number of hydrogen-bond acceptors (Lipinski definition) is 8. The van der Waals surface area contributed by atoms with Gasteiger partial charge in [0.25, 0.3) is 15.9 Å². The van der Waals surface area contributed by atoms with Crippen LogP contribution in [-0.4, -0.2) is 63.2 Å². The number of carbonyl (C=O) groups excluding carboxylic acids is 1. The second kappa shape index (κ2) is 7.55. The van der Waals surface area contributed by atoms with Crippen molar-refractivity contribution in [3.05, 3.63) is 22.3 Å². The van der Waals surface area contributed by atoms with Crippen LogP contribution in [-0.2, 0) is 31.1 Å². The van der Waals surface area contributed by atoms with Crippen molar-refractivity contribution in [1.29, 1.82) is 0 Å². The minimum atomic E-state index is -4.19. The number of amides is 1. The standard InChI is InChI=1S/C23H29N3O6S3/c1-23(6-7-23)11-26-17-13-4-3-12(9-13)15(17)18(27)16(22(26)28)20-24-21-19(35(31,32)25-20)14(10-33-21)5-8-34(2,29)30/h10,12-13,15,17,27H,3-9,11H2,1-2H3,(H,24,25)/t12-,13+,15?,17?/m0/s1. The van der Waals surface area contributed by atoms with E-state index >= 15 is 0 Å². The van der Waals surface area contributed by atoms with E-state index in [1.54, 1.807) is 5.38 Å². The highest BCUT2D eigenvalue weighted by molar-refractivity contribution is 7.91. The minimum Gasteiger partial charge on any atom is -0.511 e. The van der Waals surface area contributed by atoms with Gasteiger partial charge >= 0.3 is 0 Å². The fraction of sp³-hybridized carbons (Fsp3) is 0.652. The maximum Gasteiger partial charge on any atom is 0.287 e. The van der Waals surface area contributed by atoms with E-state index in [2.05, 4.69) is 16.6 Å². The van der Waals surface area contributed by atoms with Crippen LogP contribution >= 0.6 is 11.3 Å². The number of nitrogens with zero attached hydrogens (tertiary/aromatic N) is 2. The third kappa shape index (κ3) is 3.83. The van der Waals surface area contributed by atoms with Gasteiger partial charge in [0.2, 0.25) is 0 Å². The van der Waals surface area contributed by atoms with E-state index in [4.69, 9.17) is 0 Å². The summed E-state index contributed by atoms with van der Waals surface area (Å²) >= 11 is 1.13. The van der Waals surface area contributed by atoms with Gasteiger partial charge in [-0.05, 0) is 66.7 Å². The molecule has 3 heterocycles. The fourth-order valence-corrected chi connectivity index (χ4v) is 9.72. The average Bonchev–Trinajstić information content (AvgIpc) is 3.14. The zero-order valence-corrected chi connectivity index (χ0v) is 22.1. The first-order valence-electron chi connectivity index (χ1n) is 12.0. The fourth-order valence-electron chi connectivity index (χ4n) is 6.46. The van der Waals surface area contributed by atoms with E-state index in [0.29, 0.717) is 23.0 Å². The zero-order chi connectivity index (χ0) is 24.9. The first-order chi connectivity index (χ1) is 16.4. The van der Waals surface area contributed by atoms with E-state index in [-0.39, 0.29) is 63.4 Å². The highest BCUT2D eigenvalue weighted by Crippen LogP contribution is 2.57. The van der Waals surface area contributed by atoms with Crippen LogP contribution in [0.25, 0.3) is 0 Å². The van der Waals surface area contributed by atoms with Crippen LogP contribution in [0.2, 0.25) is 0 Å². The molecule has 2 unspecified atom stereocenters. The average molecular weight is 540 g/mol. The van der Waals surface area contributed by atoms with Gasteiger partial charge in [-0.1, -0.05) is 6.92 Å². The van der Waals surface area contributed by atoms with Crippen LogP contribution in [0.5, 0.6) is 0 Å². The summed E-state index contributed by atoms with van der Waals surface area (Å²) in [4.78, 5) is 15.7. The summed E-state index contributed by atoms with van der Waals surface area (Å²) < 4.78 is 53.6. The summed E-state index contributed by atoms with van der Waals surface area (Å²) in [5.41, 5.74) is 0.419. The predicted octanol–water partition coefficient (Wildman–Crippen LogP) is 2.72. The van der Waals surface area contributed by atoms with Crippen molar-refractivity contribution in [1.82, 2.24) is 4.90 Å². The van der Waals surface area contributed by atoms with Gasteiger partial charge in [-0.25, -0.2) is 8.42 Å². The molecule has 12 heteroatoms. The molecule has 3 fully saturated rings. The summed E-state index contributed by atoms with van der Waals surface area (Å²) in [6, 6.07) is -0.0388. The molecular formula is C23H29N3O6S3. The number of nitrogens with one attached hydrogen (secondary N) is 1. The van der Waals surface area contributed by atoms with E-state index in [0.717, 1.165) is 49.7 Å². The molecule has 3 aliphatic carbocycles. The normalized spacial score (nSPS) is 32.2. The maximum absolute atomic E-state index is 13.8. The van der Waals surface area contributed by atoms with Gasteiger partial charge in [0.05, 0.1) is 5.75 Å². The molecule has 5 aliphatic rings. The summed E-state index contributed by atoms with van der Waals surface area (Å²) in [7, 11) is -7.46.